The smallest absolute Gasteiger partial charge is 0.121 e. The van der Waals surface area contributed by atoms with E-state index < -0.39 is 0 Å². The van der Waals surface area contributed by atoms with Crippen LogP contribution in [0.3, 0.4) is 0 Å². The zero-order chi connectivity index (χ0) is 8.27. The largest absolute Gasteiger partial charge is 0.309 e. The van der Waals surface area contributed by atoms with Gasteiger partial charge >= 0.3 is 0 Å². The first kappa shape index (κ1) is 8.20. The molecule has 1 aromatic rings. The molecule has 62 valence electrons. The van der Waals surface area contributed by atoms with Crippen LogP contribution in [-0.4, -0.2) is 16.4 Å². The van der Waals surface area contributed by atoms with E-state index in [0.717, 1.165) is 17.9 Å². The molecule has 11 heavy (non-hydrogen) atoms. The summed E-state index contributed by atoms with van der Waals surface area (Å²) in [5.41, 5.74) is 1.75. The number of hydrogen-bond donors (Lipinski definition) is 1. The molecule has 0 radical (unpaired) electrons. The molecule has 0 fully saturated rings. The molecule has 1 heterocycles. The van der Waals surface area contributed by atoms with E-state index in [4.69, 9.17) is 0 Å². The maximum atomic E-state index is 4.54. The lowest BCUT2D eigenvalue weighted by atomic mass is 10.3. The van der Waals surface area contributed by atoms with Crippen molar-refractivity contribution >= 4 is 0 Å². The van der Waals surface area contributed by atoms with Crippen LogP contribution in [0.15, 0.2) is 4.63 Å². The molecular formula is C7H13N3O. The summed E-state index contributed by atoms with van der Waals surface area (Å²) in [4.78, 5) is 0. The van der Waals surface area contributed by atoms with Gasteiger partial charge in [-0.1, -0.05) is 24.2 Å². The van der Waals surface area contributed by atoms with E-state index in [1.165, 1.54) is 0 Å². The van der Waals surface area contributed by atoms with Crippen molar-refractivity contribution in [3.63, 3.8) is 0 Å². The second-order valence-corrected chi connectivity index (χ2v) is 2.83. The van der Waals surface area contributed by atoms with Crippen LogP contribution < -0.4 is 5.32 Å². The molecule has 0 aliphatic rings. The van der Waals surface area contributed by atoms with Crippen molar-refractivity contribution in [2.24, 2.45) is 0 Å². The summed E-state index contributed by atoms with van der Waals surface area (Å²) in [6.07, 6.45) is 0. The van der Waals surface area contributed by atoms with E-state index in [2.05, 4.69) is 34.1 Å². The van der Waals surface area contributed by atoms with Gasteiger partial charge in [0.15, 0.2) is 0 Å². The minimum Gasteiger partial charge on any atom is -0.309 e. The molecule has 4 nitrogen and oxygen atoms in total. The molecule has 0 unspecified atom stereocenters. The molecule has 0 aliphatic carbocycles. The lowest BCUT2D eigenvalue weighted by molar-refractivity contribution is 0.300. The summed E-state index contributed by atoms with van der Waals surface area (Å²) in [6.45, 7) is 6.78. The standard InChI is InChI=1S/C7H13N3O/c1-5(2)8-4-7-6(3)9-11-10-7/h5,8H,4H2,1-3H3. The lowest BCUT2D eigenvalue weighted by Gasteiger charge is -2.04. The second-order valence-electron chi connectivity index (χ2n) is 2.83. The zero-order valence-corrected chi connectivity index (χ0v) is 7.09. The fourth-order valence-corrected chi connectivity index (χ4v) is 0.711. The first-order valence-corrected chi connectivity index (χ1v) is 3.71. The van der Waals surface area contributed by atoms with Crippen LogP contribution in [-0.2, 0) is 6.54 Å². The molecule has 1 N–H and O–H groups in total. The van der Waals surface area contributed by atoms with Crippen LogP contribution in [0.4, 0.5) is 0 Å². The van der Waals surface area contributed by atoms with Crippen molar-refractivity contribution in [2.45, 2.75) is 33.4 Å². The third-order valence-corrected chi connectivity index (χ3v) is 1.42. The molecule has 0 aliphatic heterocycles. The van der Waals surface area contributed by atoms with Gasteiger partial charge in [0.1, 0.15) is 11.4 Å². The number of nitrogens with one attached hydrogen (secondary N) is 1. The van der Waals surface area contributed by atoms with E-state index >= 15 is 0 Å². The third kappa shape index (κ3) is 2.31. The summed E-state index contributed by atoms with van der Waals surface area (Å²) in [5.74, 6) is 0. The molecule has 1 rings (SSSR count). The van der Waals surface area contributed by atoms with Crippen molar-refractivity contribution in [1.29, 1.82) is 0 Å². The van der Waals surface area contributed by atoms with Gasteiger partial charge < -0.3 is 5.32 Å². The average Bonchev–Trinajstić information content (AvgIpc) is 2.31. The normalized spacial score (nSPS) is 10.9. The molecular weight excluding hydrogens is 142 g/mol. The van der Waals surface area contributed by atoms with Crippen LogP contribution in [0.5, 0.6) is 0 Å². The van der Waals surface area contributed by atoms with E-state index in [1.807, 2.05) is 6.92 Å². The fraction of sp³-hybridized carbons (Fsp3) is 0.714. The molecule has 0 spiro atoms. The van der Waals surface area contributed by atoms with Gasteiger partial charge in [0, 0.05) is 12.6 Å². The maximum Gasteiger partial charge on any atom is 0.121 e. The summed E-state index contributed by atoms with van der Waals surface area (Å²) >= 11 is 0. The highest BCUT2D eigenvalue weighted by Crippen LogP contribution is 1.99. The van der Waals surface area contributed by atoms with E-state index in [1.54, 1.807) is 0 Å². The number of hydrogen-bond acceptors (Lipinski definition) is 4. The predicted octanol–water partition coefficient (Wildman–Crippen LogP) is 0.876. The van der Waals surface area contributed by atoms with Gasteiger partial charge in [0.25, 0.3) is 0 Å². The summed E-state index contributed by atoms with van der Waals surface area (Å²) in [6, 6.07) is 0.464. The first-order chi connectivity index (χ1) is 5.20. The first-order valence-electron chi connectivity index (χ1n) is 3.71. The van der Waals surface area contributed by atoms with Crippen molar-refractivity contribution in [2.75, 3.05) is 0 Å². The molecule has 1 aromatic heterocycles. The molecule has 0 amide bonds. The highest BCUT2D eigenvalue weighted by Gasteiger charge is 2.03. The zero-order valence-electron chi connectivity index (χ0n) is 7.09. The quantitative estimate of drug-likeness (QED) is 0.703. The Hall–Kier alpha value is -0.900. The number of aryl methyl sites for hydroxylation is 1. The van der Waals surface area contributed by atoms with Crippen molar-refractivity contribution in [1.82, 2.24) is 15.6 Å². The third-order valence-electron chi connectivity index (χ3n) is 1.42. The van der Waals surface area contributed by atoms with Crippen LogP contribution in [0.1, 0.15) is 25.2 Å². The van der Waals surface area contributed by atoms with E-state index in [-0.39, 0.29) is 0 Å². The Kier molecular flexibility index (Phi) is 2.59. The van der Waals surface area contributed by atoms with Crippen LogP contribution in [0, 0.1) is 6.92 Å². The van der Waals surface area contributed by atoms with Gasteiger partial charge in [0.2, 0.25) is 0 Å². The SMILES string of the molecule is Cc1nonc1CNC(C)C. The van der Waals surface area contributed by atoms with Gasteiger partial charge in [-0.2, -0.15) is 0 Å². The van der Waals surface area contributed by atoms with Gasteiger partial charge in [0.05, 0.1) is 0 Å². The molecule has 0 saturated heterocycles. The minimum atomic E-state index is 0.464. The van der Waals surface area contributed by atoms with Gasteiger partial charge in [-0.25, -0.2) is 4.63 Å². The number of nitrogens with zero attached hydrogens (tertiary/aromatic N) is 2. The van der Waals surface area contributed by atoms with E-state index in [9.17, 15) is 0 Å². The fourth-order valence-electron chi connectivity index (χ4n) is 0.711. The lowest BCUT2D eigenvalue weighted by Crippen LogP contribution is -2.22. The minimum absolute atomic E-state index is 0.464. The Morgan fingerprint density at radius 2 is 2.18 bits per heavy atom. The molecule has 0 bridgehead atoms. The Morgan fingerprint density at radius 1 is 1.45 bits per heavy atom. The van der Waals surface area contributed by atoms with Crippen LogP contribution in [0.2, 0.25) is 0 Å². The highest BCUT2D eigenvalue weighted by atomic mass is 16.6. The monoisotopic (exact) mass is 155 g/mol. The maximum absolute atomic E-state index is 4.54. The number of rotatable bonds is 3. The Morgan fingerprint density at radius 3 is 2.64 bits per heavy atom. The molecule has 0 saturated carbocycles. The van der Waals surface area contributed by atoms with Gasteiger partial charge in [-0.05, 0) is 6.92 Å². The summed E-state index contributed by atoms with van der Waals surface area (Å²) < 4.78 is 4.54. The Labute approximate surface area is 65.9 Å². The average molecular weight is 155 g/mol. The molecule has 4 heteroatoms. The second kappa shape index (κ2) is 3.48. The molecule has 0 atom stereocenters. The Bertz CT molecular complexity index is 219. The molecule has 0 aromatic carbocycles. The Balaban J connectivity index is 2.44. The van der Waals surface area contributed by atoms with E-state index in [0.29, 0.717) is 6.04 Å². The van der Waals surface area contributed by atoms with Crippen LogP contribution in [0.25, 0.3) is 0 Å². The van der Waals surface area contributed by atoms with Crippen LogP contribution >= 0.6 is 0 Å². The summed E-state index contributed by atoms with van der Waals surface area (Å²) in [7, 11) is 0. The highest BCUT2D eigenvalue weighted by molar-refractivity contribution is 5.03. The summed E-state index contributed by atoms with van der Waals surface area (Å²) in [5, 5.41) is 10.6. The van der Waals surface area contributed by atoms with Crippen molar-refractivity contribution in [3.05, 3.63) is 11.4 Å². The topological polar surface area (TPSA) is 51.0 Å². The van der Waals surface area contributed by atoms with Gasteiger partial charge in [-0.15, -0.1) is 0 Å². The van der Waals surface area contributed by atoms with Gasteiger partial charge in [-0.3, -0.25) is 0 Å². The van der Waals surface area contributed by atoms with Crippen molar-refractivity contribution in [3.8, 4) is 0 Å². The predicted molar refractivity (Wildman–Crippen MR) is 41.0 cm³/mol. The van der Waals surface area contributed by atoms with Crippen molar-refractivity contribution < 1.29 is 4.63 Å². The number of aromatic nitrogens is 2.